The Kier molecular flexibility index (Phi) is 8.22. The van der Waals surface area contributed by atoms with Crippen molar-refractivity contribution in [3.05, 3.63) is 28.2 Å². The highest BCUT2D eigenvalue weighted by molar-refractivity contribution is 7.80. The summed E-state index contributed by atoms with van der Waals surface area (Å²) in [4.78, 5) is 2.39. The minimum Gasteiger partial charge on any atom is -0.362 e. The molecule has 0 saturated heterocycles. The molecule has 1 aromatic rings. The van der Waals surface area contributed by atoms with Crippen molar-refractivity contribution in [1.82, 2.24) is 10.2 Å². The Bertz CT molecular complexity index is 436. The number of rotatable bonds is 7. The topological polar surface area (TPSA) is 27.3 Å². The maximum Gasteiger partial charge on any atom is 0.170 e. The first-order valence-corrected chi connectivity index (χ1v) is 7.95. The summed E-state index contributed by atoms with van der Waals surface area (Å²) in [6, 6.07) is 5.35. The fraction of sp³-hybridized carbons (Fsp3) is 0.500. The lowest BCUT2D eigenvalue weighted by molar-refractivity contribution is 0.300. The quantitative estimate of drug-likeness (QED) is 0.582. The van der Waals surface area contributed by atoms with Gasteiger partial charge in [-0.25, -0.2) is 0 Å². The maximum atomic E-state index is 5.95. The van der Waals surface area contributed by atoms with Gasteiger partial charge < -0.3 is 15.5 Å². The second-order valence-corrected chi connectivity index (χ2v) is 5.61. The van der Waals surface area contributed by atoms with E-state index in [4.69, 9.17) is 35.4 Å². The molecule has 3 nitrogen and oxygen atoms in total. The molecule has 0 aliphatic heterocycles. The Hall–Kier alpha value is -0.550. The fourth-order valence-electron chi connectivity index (χ4n) is 1.79. The highest BCUT2D eigenvalue weighted by Crippen LogP contribution is 2.24. The van der Waals surface area contributed by atoms with E-state index in [1.54, 1.807) is 12.1 Å². The minimum atomic E-state index is 0.515. The van der Waals surface area contributed by atoms with E-state index in [-0.39, 0.29) is 0 Å². The normalized spacial score (nSPS) is 10.7. The van der Waals surface area contributed by atoms with Gasteiger partial charge in [0.05, 0.1) is 10.0 Å². The second-order valence-electron chi connectivity index (χ2n) is 4.39. The van der Waals surface area contributed by atoms with Gasteiger partial charge in [0.1, 0.15) is 0 Å². The first kappa shape index (κ1) is 17.5. The lowest BCUT2D eigenvalue weighted by atomic mass is 10.3. The van der Waals surface area contributed by atoms with Crippen LogP contribution in [-0.4, -0.2) is 36.2 Å². The number of nitrogens with one attached hydrogen (secondary N) is 2. The standard InChI is InChI=1S/C14H21Cl2N3S/c1-3-19(4-2)9-5-8-17-14(20)18-11-6-7-12(15)13(16)10-11/h6-7,10H,3-5,8-9H2,1-2H3,(H2,17,18,20). The van der Waals surface area contributed by atoms with Gasteiger partial charge >= 0.3 is 0 Å². The van der Waals surface area contributed by atoms with Crippen molar-refractivity contribution in [1.29, 1.82) is 0 Å². The molecule has 2 N–H and O–H groups in total. The van der Waals surface area contributed by atoms with E-state index in [1.807, 2.05) is 6.07 Å². The van der Waals surface area contributed by atoms with Crippen LogP contribution >= 0.6 is 35.4 Å². The summed E-state index contributed by atoms with van der Waals surface area (Å²) in [6.45, 7) is 8.45. The molecule has 0 bridgehead atoms. The van der Waals surface area contributed by atoms with E-state index in [0.717, 1.165) is 38.3 Å². The number of hydrogen-bond donors (Lipinski definition) is 2. The predicted octanol–water partition coefficient (Wildman–Crippen LogP) is 4.01. The van der Waals surface area contributed by atoms with Crippen LogP contribution < -0.4 is 10.6 Å². The Labute approximate surface area is 136 Å². The highest BCUT2D eigenvalue weighted by atomic mass is 35.5. The van der Waals surface area contributed by atoms with Gasteiger partial charge in [0.25, 0.3) is 0 Å². The molecule has 0 saturated carbocycles. The highest BCUT2D eigenvalue weighted by Gasteiger charge is 2.02. The Morgan fingerprint density at radius 1 is 1.20 bits per heavy atom. The molecule has 1 aromatic carbocycles. The largest absolute Gasteiger partial charge is 0.362 e. The van der Waals surface area contributed by atoms with Crippen LogP contribution in [0, 0.1) is 0 Å². The Morgan fingerprint density at radius 2 is 1.90 bits per heavy atom. The summed E-state index contributed by atoms with van der Waals surface area (Å²) in [5, 5.41) is 7.93. The first-order valence-electron chi connectivity index (χ1n) is 6.79. The van der Waals surface area contributed by atoms with E-state index in [1.165, 1.54) is 0 Å². The maximum absolute atomic E-state index is 5.95. The third-order valence-electron chi connectivity index (χ3n) is 3.01. The van der Waals surface area contributed by atoms with Crippen molar-refractivity contribution < 1.29 is 0 Å². The third-order valence-corrected chi connectivity index (χ3v) is 3.99. The Balaban J connectivity index is 2.28. The second kappa shape index (κ2) is 9.40. The van der Waals surface area contributed by atoms with Gasteiger partial charge in [-0.3, -0.25) is 0 Å². The van der Waals surface area contributed by atoms with Crippen LogP contribution in [0.4, 0.5) is 5.69 Å². The summed E-state index contributed by atoms with van der Waals surface area (Å²) in [6.07, 6.45) is 1.06. The molecule has 20 heavy (non-hydrogen) atoms. The molecule has 0 atom stereocenters. The molecule has 0 fully saturated rings. The SMILES string of the molecule is CCN(CC)CCCNC(=S)Nc1ccc(Cl)c(Cl)c1. The molecular formula is C14H21Cl2N3S. The van der Waals surface area contributed by atoms with Gasteiger partial charge in [0.2, 0.25) is 0 Å². The van der Waals surface area contributed by atoms with Gasteiger partial charge in [-0.2, -0.15) is 0 Å². The molecular weight excluding hydrogens is 313 g/mol. The zero-order valence-corrected chi connectivity index (χ0v) is 14.2. The van der Waals surface area contributed by atoms with Gasteiger partial charge in [0, 0.05) is 12.2 Å². The summed E-state index contributed by atoms with van der Waals surface area (Å²) in [5.41, 5.74) is 0.834. The zero-order chi connectivity index (χ0) is 15.0. The first-order chi connectivity index (χ1) is 9.56. The van der Waals surface area contributed by atoms with E-state index in [9.17, 15) is 0 Å². The van der Waals surface area contributed by atoms with E-state index < -0.39 is 0 Å². The average Bonchev–Trinajstić information content (AvgIpc) is 2.43. The molecule has 0 amide bonds. The average molecular weight is 334 g/mol. The smallest absolute Gasteiger partial charge is 0.170 e. The van der Waals surface area contributed by atoms with Crippen LogP contribution in [0.3, 0.4) is 0 Å². The predicted molar refractivity (Wildman–Crippen MR) is 93.1 cm³/mol. The molecule has 0 aliphatic carbocycles. The Morgan fingerprint density at radius 3 is 2.50 bits per heavy atom. The number of thiocarbonyl (C=S) groups is 1. The summed E-state index contributed by atoms with van der Waals surface area (Å²) in [7, 11) is 0. The van der Waals surface area contributed by atoms with Crippen molar-refractivity contribution in [3.63, 3.8) is 0 Å². The number of halogens is 2. The lowest BCUT2D eigenvalue weighted by Crippen LogP contribution is -2.32. The molecule has 0 radical (unpaired) electrons. The molecule has 0 spiro atoms. The van der Waals surface area contributed by atoms with Gasteiger partial charge in [-0.15, -0.1) is 0 Å². The van der Waals surface area contributed by atoms with Crippen molar-refractivity contribution in [3.8, 4) is 0 Å². The minimum absolute atomic E-state index is 0.515. The third kappa shape index (κ3) is 6.27. The van der Waals surface area contributed by atoms with Crippen LogP contribution in [0.25, 0.3) is 0 Å². The number of nitrogens with zero attached hydrogens (tertiary/aromatic N) is 1. The molecule has 6 heteroatoms. The van der Waals surface area contributed by atoms with Gasteiger partial charge in [0.15, 0.2) is 5.11 Å². The van der Waals surface area contributed by atoms with Crippen molar-refractivity contribution in [2.75, 3.05) is 31.5 Å². The molecule has 0 aliphatic rings. The van der Waals surface area contributed by atoms with E-state index in [0.29, 0.717) is 15.2 Å². The van der Waals surface area contributed by atoms with Gasteiger partial charge in [-0.1, -0.05) is 37.0 Å². The molecule has 0 unspecified atom stereocenters. The number of anilines is 1. The zero-order valence-electron chi connectivity index (χ0n) is 11.9. The summed E-state index contributed by atoms with van der Waals surface area (Å²) in [5.74, 6) is 0. The van der Waals surface area contributed by atoms with Crippen molar-refractivity contribution in [2.24, 2.45) is 0 Å². The van der Waals surface area contributed by atoms with Crippen LogP contribution in [0.15, 0.2) is 18.2 Å². The van der Waals surface area contributed by atoms with Crippen molar-refractivity contribution >= 4 is 46.2 Å². The molecule has 1 rings (SSSR count). The lowest BCUT2D eigenvalue weighted by Gasteiger charge is -2.18. The fourth-order valence-corrected chi connectivity index (χ4v) is 2.31. The summed E-state index contributed by atoms with van der Waals surface area (Å²) < 4.78 is 0. The number of hydrogen-bond acceptors (Lipinski definition) is 2. The van der Waals surface area contributed by atoms with Crippen LogP contribution in [0.1, 0.15) is 20.3 Å². The van der Waals surface area contributed by atoms with Crippen LogP contribution in [-0.2, 0) is 0 Å². The molecule has 0 heterocycles. The van der Waals surface area contributed by atoms with Crippen LogP contribution in [0.2, 0.25) is 10.0 Å². The van der Waals surface area contributed by atoms with E-state index >= 15 is 0 Å². The monoisotopic (exact) mass is 333 g/mol. The van der Waals surface area contributed by atoms with Crippen molar-refractivity contribution in [2.45, 2.75) is 20.3 Å². The van der Waals surface area contributed by atoms with Gasteiger partial charge in [-0.05, 0) is 56.5 Å². The van der Waals surface area contributed by atoms with Crippen LogP contribution in [0.5, 0.6) is 0 Å². The van der Waals surface area contributed by atoms with E-state index in [2.05, 4.69) is 29.4 Å². The number of benzene rings is 1. The molecule has 0 aromatic heterocycles. The molecule has 112 valence electrons. The summed E-state index contributed by atoms with van der Waals surface area (Å²) >= 11 is 17.0.